The van der Waals surface area contributed by atoms with Gasteiger partial charge < -0.3 is 5.32 Å². The van der Waals surface area contributed by atoms with Gasteiger partial charge in [0.15, 0.2) is 0 Å². The number of hydrogen-bond acceptors (Lipinski definition) is 4. The Morgan fingerprint density at radius 3 is 2.74 bits per heavy atom. The minimum Gasteiger partial charge on any atom is -0.321 e. The smallest absolute Gasteiger partial charge is 0.306 e. The van der Waals surface area contributed by atoms with E-state index >= 15 is 0 Å². The van der Waals surface area contributed by atoms with Crippen molar-refractivity contribution in [1.82, 2.24) is 0 Å². The average molecular weight is 345 g/mol. The lowest BCUT2D eigenvalue weighted by Gasteiger charge is -2.04. The summed E-state index contributed by atoms with van der Waals surface area (Å²) in [6.07, 6.45) is 0. The lowest BCUT2D eigenvalue weighted by atomic mass is 10.2. The van der Waals surface area contributed by atoms with Crippen molar-refractivity contribution >= 4 is 44.5 Å². The van der Waals surface area contributed by atoms with Crippen LogP contribution >= 0.6 is 27.3 Å². The summed E-state index contributed by atoms with van der Waals surface area (Å²) in [6, 6.07) is 4.90. The molecule has 0 aliphatic rings. The topological polar surface area (TPSA) is 72.2 Å². The van der Waals surface area contributed by atoms with Gasteiger partial charge >= 0.3 is 5.69 Å². The van der Waals surface area contributed by atoms with Crippen molar-refractivity contribution < 1.29 is 14.1 Å². The third-order valence-corrected chi connectivity index (χ3v) is 4.06. The van der Waals surface area contributed by atoms with Gasteiger partial charge in [0.05, 0.1) is 4.92 Å². The number of nitro groups is 1. The molecule has 0 atom stereocenters. The van der Waals surface area contributed by atoms with Gasteiger partial charge in [-0.05, 0) is 39.5 Å². The zero-order valence-corrected chi connectivity index (χ0v) is 11.6. The largest absolute Gasteiger partial charge is 0.321 e. The van der Waals surface area contributed by atoms with Gasteiger partial charge in [-0.25, -0.2) is 0 Å². The van der Waals surface area contributed by atoms with E-state index in [0.717, 1.165) is 12.1 Å². The summed E-state index contributed by atoms with van der Waals surface area (Å²) in [4.78, 5) is 22.1. The first kappa shape index (κ1) is 13.6. The maximum Gasteiger partial charge on any atom is 0.306 e. The molecule has 0 fully saturated rings. The number of nitrogens with zero attached hydrogens (tertiary/aromatic N) is 1. The van der Waals surface area contributed by atoms with Crippen LogP contribution < -0.4 is 5.32 Å². The maximum absolute atomic E-state index is 13.1. The first-order chi connectivity index (χ1) is 8.99. The van der Waals surface area contributed by atoms with Gasteiger partial charge in [0.2, 0.25) is 5.82 Å². The SMILES string of the molecule is O=C(Nc1ccc(F)c([N+](=O)[O-])c1)c1sccc1Br. The van der Waals surface area contributed by atoms with Crippen molar-refractivity contribution in [3.63, 3.8) is 0 Å². The zero-order valence-electron chi connectivity index (χ0n) is 9.22. The van der Waals surface area contributed by atoms with E-state index in [4.69, 9.17) is 0 Å². The van der Waals surface area contributed by atoms with Gasteiger partial charge in [0.25, 0.3) is 5.91 Å². The first-order valence-electron chi connectivity index (χ1n) is 4.97. The van der Waals surface area contributed by atoms with Gasteiger partial charge in [-0.3, -0.25) is 14.9 Å². The first-order valence-corrected chi connectivity index (χ1v) is 6.64. The molecule has 2 rings (SSSR count). The Morgan fingerprint density at radius 2 is 2.16 bits per heavy atom. The third kappa shape index (κ3) is 2.96. The molecule has 1 aromatic heterocycles. The Kier molecular flexibility index (Phi) is 3.91. The Balaban J connectivity index is 2.25. The van der Waals surface area contributed by atoms with Crippen LogP contribution in [0.3, 0.4) is 0 Å². The fourth-order valence-electron chi connectivity index (χ4n) is 1.37. The number of carbonyl (C=O) groups excluding carboxylic acids is 1. The number of halogens is 2. The Bertz CT molecular complexity index is 659. The fraction of sp³-hybridized carbons (Fsp3) is 0. The van der Waals surface area contributed by atoms with E-state index < -0.39 is 22.3 Å². The third-order valence-electron chi connectivity index (χ3n) is 2.22. The number of nitro benzene ring substituents is 1. The Labute approximate surface area is 119 Å². The number of carbonyl (C=O) groups is 1. The van der Waals surface area contributed by atoms with Crippen LogP contribution in [0.4, 0.5) is 15.8 Å². The highest BCUT2D eigenvalue weighted by Crippen LogP contribution is 2.25. The lowest BCUT2D eigenvalue weighted by Crippen LogP contribution is -2.11. The standard InChI is InChI=1S/C11H6BrFN2O3S/c12-7-3-4-19-10(7)11(16)14-6-1-2-8(13)9(5-6)15(17)18/h1-5H,(H,14,16). The van der Waals surface area contributed by atoms with Crippen LogP contribution in [0.1, 0.15) is 9.67 Å². The maximum atomic E-state index is 13.1. The molecule has 0 unspecified atom stereocenters. The molecule has 5 nitrogen and oxygen atoms in total. The summed E-state index contributed by atoms with van der Waals surface area (Å²) in [5, 5.41) is 14.8. The summed E-state index contributed by atoms with van der Waals surface area (Å²) in [5.74, 6) is -1.36. The van der Waals surface area contributed by atoms with Crippen LogP contribution in [-0.2, 0) is 0 Å². The molecular weight excluding hydrogens is 339 g/mol. The van der Waals surface area contributed by atoms with Crippen molar-refractivity contribution in [3.8, 4) is 0 Å². The van der Waals surface area contributed by atoms with E-state index in [1.807, 2.05) is 0 Å². The number of hydrogen-bond donors (Lipinski definition) is 1. The van der Waals surface area contributed by atoms with Crippen molar-refractivity contribution in [1.29, 1.82) is 0 Å². The fourth-order valence-corrected chi connectivity index (χ4v) is 2.82. The van der Waals surface area contributed by atoms with Crippen molar-refractivity contribution in [3.05, 3.63) is 54.9 Å². The van der Waals surface area contributed by atoms with Crippen molar-refractivity contribution in [2.75, 3.05) is 5.32 Å². The van der Waals surface area contributed by atoms with Crippen LogP contribution in [0.15, 0.2) is 34.1 Å². The van der Waals surface area contributed by atoms with Gasteiger partial charge in [-0.1, -0.05) is 0 Å². The predicted octanol–water partition coefficient (Wildman–Crippen LogP) is 3.81. The number of anilines is 1. The molecule has 1 N–H and O–H groups in total. The van der Waals surface area contributed by atoms with Crippen LogP contribution in [0.2, 0.25) is 0 Å². The molecule has 1 aromatic carbocycles. The lowest BCUT2D eigenvalue weighted by molar-refractivity contribution is -0.387. The van der Waals surface area contributed by atoms with Crippen molar-refractivity contribution in [2.24, 2.45) is 0 Å². The van der Waals surface area contributed by atoms with E-state index in [0.29, 0.717) is 9.35 Å². The monoisotopic (exact) mass is 344 g/mol. The molecule has 0 aliphatic heterocycles. The highest BCUT2D eigenvalue weighted by atomic mass is 79.9. The summed E-state index contributed by atoms with van der Waals surface area (Å²) >= 11 is 4.43. The summed E-state index contributed by atoms with van der Waals surface area (Å²) in [5.41, 5.74) is -0.513. The van der Waals surface area contributed by atoms with Gasteiger partial charge in [0, 0.05) is 16.2 Å². The normalized spacial score (nSPS) is 10.2. The molecular formula is C11H6BrFN2O3S. The Morgan fingerprint density at radius 1 is 1.42 bits per heavy atom. The van der Waals surface area contributed by atoms with E-state index in [9.17, 15) is 19.3 Å². The Hall–Kier alpha value is -1.80. The molecule has 8 heteroatoms. The molecule has 0 bridgehead atoms. The number of benzene rings is 1. The summed E-state index contributed by atoms with van der Waals surface area (Å²) in [7, 11) is 0. The molecule has 0 saturated carbocycles. The van der Waals surface area contributed by atoms with Gasteiger partial charge in [0.1, 0.15) is 4.88 Å². The highest BCUT2D eigenvalue weighted by molar-refractivity contribution is 9.10. The van der Waals surface area contributed by atoms with Crippen LogP contribution in [0.25, 0.3) is 0 Å². The minimum absolute atomic E-state index is 0.165. The number of thiophene rings is 1. The number of rotatable bonds is 3. The zero-order chi connectivity index (χ0) is 14.0. The molecule has 19 heavy (non-hydrogen) atoms. The van der Waals surface area contributed by atoms with E-state index in [1.165, 1.54) is 17.4 Å². The van der Waals surface area contributed by atoms with Crippen LogP contribution in [-0.4, -0.2) is 10.8 Å². The van der Waals surface area contributed by atoms with Crippen LogP contribution in [0.5, 0.6) is 0 Å². The molecule has 0 radical (unpaired) electrons. The van der Waals surface area contributed by atoms with Gasteiger partial charge in [-0.2, -0.15) is 4.39 Å². The van der Waals surface area contributed by atoms with Crippen LogP contribution in [0, 0.1) is 15.9 Å². The summed E-state index contributed by atoms with van der Waals surface area (Å²) < 4.78 is 13.8. The van der Waals surface area contributed by atoms with Gasteiger partial charge in [-0.15, -0.1) is 11.3 Å². The second-order valence-corrected chi connectivity index (χ2v) is 5.25. The predicted molar refractivity (Wildman–Crippen MR) is 73.0 cm³/mol. The van der Waals surface area contributed by atoms with E-state index in [2.05, 4.69) is 21.2 Å². The second kappa shape index (κ2) is 5.45. The number of amides is 1. The molecule has 98 valence electrons. The average Bonchev–Trinajstić information content (AvgIpc) is 2.77. The molecule has 0 spiro atoms. The minimum atomic E-state index is -0.944. The molecule has 0 saturated heterocycles. The van der Waals surface area contributed by atoms with E-state index in [-0.39, 0.29) is 5.69 Å². The highest BCUT2D eigenvalue weighted by Gasteiger charge is 2.17. The second-order valence-electron chi connectivity index (χ2n) is 3.48. The molecule has 1 heterocycles. The quantitative estimate of drug-likeness (QED) is 0.679. The summed E-state index contributed by atoms with van der Waals surface area (Å²) in [6.45, 7) is 0. The molecule has 2 aromatic rings. The van der Waals surface area contributed by atoms with E-state index in [1.54, 1.807) is 11.4 Å². The molecule has 0 aliphatic carbocycles. The van der Waals surface area contributed by atoms with Crippen molar-refractivity contribution in [2.45, 2.75) is 0 Å². The number of nitrogens with one attached hydrogen (secondary N) is 1. The molecule has 1 amide bonds.